The molecule has 0 aromatic heterocycles. The molecule has 7 heteroatoms. The standard InChI is InChI=1S/C11H13FO4S.Na.H/c1-17(13,14)16-11-5-4-8(12)7-9(11)10-3-2-6-15-10;;/h4-5,7,10H,2-3,6H2,1H3;;. The monoisotopic (exact) mass is 284 g/mol. The summed E-state index contributed by atoms with van der Waals surface area (Å²) >= 11 is 0. The van der Waals surface area contributed by atoms with Crippen molar-refractivity contribution in [2.45, 2.75) is 18.9 Å². The van der Waals surface area contributed by atoms with Gasteiger partial charge in [0.15, 0.2) is 0 Å². The molecule has 0 amide bonds. The Balaban J connectivity index is 0.00000162. The third kappa shape index (κ3) is 4.20. The first-order valence-electron chi connectivity index (χ1n) is 5.26. The van der Waals surface area contributed by atoms with Crippen LogP contribution in [0, 0.1) is 5.82 Å². The quantitative estimate of drug-likeness (QED) is 0.621. The van der Waals surface area contributed by atoms with Gasteiger partial charge in [-0.25, -0.2) is 4.39 Å². The van der Waals surface area contributed by atoms with E-state index in [-0.39, 0.29) is 41.4 Å². The topological polar surface area (TPSA) is 52.6 Å². The molecule has 0 saturated carbocycles. The van der Waals surface area contributed by atoms with Gasteiger partial charge >= 0.3 is 39.7 Å². The van der Waals surface area contributed by atoms with Crippen molar-refractivity contribution in [2.24, 2.45) is 0 Å². The van der Waals surface area contributed by atoms with Crippen molar-refractivity contribution >= 4 is 39.7 Å². The van der Waals surface area contributed by atoms with Gasteiger partial charge in [0.25, 0.3) is 0 Å². The molecule has 2 rings (SSSR count). The molecule has 1 aliphatic heterocycles. The molecular weight excluding hydrogens is 270 g/mol. The number of benzene rings is 1. The molecule has 1 fully saturated rings. The number of ether oxygens (including phenoxy) is 1. The second kappa shape index (κ2) is 6.34. The molecule has 1 saturated heterocycles. The van der Waals surface area contributed by atoms with Crippen molar-refractivity contribution < 1.29 is 21.7 Å². The van der Waals surface area contributed by atoms with E-state index in [1.54, 1.807) is 0 Å². The molecule has 4 nitrogen and oxygen atoms in total. The van der Waals surface area contributed by atoms with Crippen LogP contribution in [0.1, 0.15) is 24.5 Å². The van der Waals surface area contributed by atoms with Gasteiger partial charge in [0.05, 0.1) is 12.4 Å². The molecule has 1 atom stereocenters. The Hall–Kier alpha value is -0.140. The van der Waals surface area contributed by atoms with Gasteiger partial charge < -0.3 is 8.92 Å². The maximum absolute atomic E-state index is 13.2. The van der Waals surface area contributed by atoms with Gasteiger partial charge in [0, 0.05) is 12.2 Å². The van der Waals surface area contributed by atoms with E-state index in [0.717, 1.165) is 19.1 Å². The number of hydrogen-bond acceptors (Lipinski definition) is 4. The van der Waals surface area contributed by atoms with Crippen LogP contribution in [-0.4, -0.2) is 50.8 Å². The number of rotatable bonds is 3. The molecule has 1 heterocycles. The van der Waals surface area contributed by atoms with Crippen molar-refractivity contribution in [1.29, 1.82) is 0 Å². The van der Waals surface area contributed by atoms with E-state index in [1.807, 2.05) is 0 Å². The van der Waals surface area contributed by atoms with Gasteiger partial charge in [-0.3, -0.25) is 0 Å². The van der Waals surface area contributed by atoms with Crippen LogP contribution in [0.5, 0.6) is 5.75 Å². The van der Waals surface area contributed by atoms with Gasteiger partial charge in [-0.15, -0.1) is 0 Å². The molecule has 18 heavy (non-hydrogen) atoms. The zero-order chi connectivity index (χ0) is 12.5. The number of hydrogen-bond donors (Lipinski definition) is 0. The number of halogens is 1. The minimum absolute atomic E-state index is 0. The Bertz CT molecular complexity index is 512. The summed E-state index contributed by atoms with van der Waals surface area (Å²) in [7, 11) is -3.62. The molecule has 1 aromatic carbocycles. The summed E-state index contributed by atoms with van der Waals surface area (Å²) in [5.74, 6) is -0.294. The third-order valence-corrected chi connectivity index (χ3v) is 2.97. The molecule has 1 aromatic rings. The predicted molar refractivity (Wildman–Crippen MR) is 66.9 cm³/mol. The molecular formula is C11H14FNaO4S. The summed E-state index contributed by atoms with van der Waals surface area (Å²) in [6.45, 7) is 0.597. The minimum atomic E-state index is -3.62. The Kier molecular flexibility index (Phi) is 5.61. The van der Waals surface area contributed by atoms with Gasteiger partial charge in [-0.1, -0.05) is 0 Å². The fraction of sp³-hybridized carbons (Fsp3) is 0.455. The van der Waals surface area contributed by atoms with E-state index in [0.29, 0.717) is 12.2 Å². The fourth-order valence-corrected chi connectivity index (χ4v) is 2.31. The van der Waals surface area contributed by atoms with Crippen LogP contribution >= 0.6 is 0 Å². The van der Waals surface area contributed by atoms with E-state index < -0.39 is 15.9 Å². The van der Waals surface area contributed by atoms with Gasteiger partial charge in [0.2, 0.25) is 0 Å². The van der Waals surface area contributed by atoms with Crippen LogP contribution in [0.25, 0.3) is 0 Å². The molecule has 96 valence electrons. The Morgan fingerprint density at radius 1 is 1.44 bits per heavy atom. The van der Waals surface area contributed by atoms with E-state index in [2.05, 4.69) is 0 Å². The van der Waals surface area contributed by atoms with Crippen molar-refractivity contribution in [3.8, 4) is 5.75 Å². The van der Waals surface area contributed by atoms with Crippen molar-refractivity contribution in [2.75, 3.05) is 12.9 Å². The van der Waals surface area contributed by atoms with Gasteiger partial charge in [0.1, 0.15) is 11.6 Å². The molecule has 1 aliphatic rings. The van der Waals surface area contributed by atoms with Gasteiger partial charge in [-0.2, -0.15) is 8.42 Å². The van der Waals surface area contributed by atoms with Crippen molar-refractivity contribution in [1.82, 2.24) is 0 Å². The Morgan fingerprint density at radius 2 is 2.17 bits per heavy atom. The Morgan fingerprint density at radius 3 is 2.72 bits per heavy atom. The molecule has 0 radical (unpaired) electrons. The van der Waals surface area contributed by atoms with Crippen LogP contribution in [-0.2, 0) is 14.9 Å². The zero-order valence-electron chi connectivity index (χ0n) is 9.35. The van der Waals surface area contributed by atoms with Crippen LogP contribution < -0.4 is 4.18 Å². The second-order valence-electron chi connectivity index (χ2n) is 3.97. The van der Waals surface area contributed by atoms with Gasteiger partial charge in [-0.05, 0) is 31.0 Å². The van der Waals surface area contributed by atoms with Crippen molar-refractivity contribution in [3.63, 3.8) is 0 Å². The summed E-state index contributed by atoms with van der Waals surface area (Å²) in [5, 5.41) is 0. The molecule has 1 unspecified atom stereocenters. The third-order valence-electron chi connectivity index (χ3n) is 2.49. The predicted octanol–water partition coefficient (Wildman–Crippen LogP) is 1.37. The van der Waals surface area contributed by atoms with Crippen LogP contribution in [0.2, 0.25) is 0 Å². The molecule has 0 bridgehead atoms. The van der Waals surface area contributed by atoms with Crippen LogP contribution in [0.15, 0.2) is 18.2 Å². The van der Waals surface area contributed by atoms with E-state index in [1.165, 1.54) is 18.2 Å². The average Bonchev–Trinajstić information content (AvgIpc) is 2.71. The Labute approximate surface area is 128 Å². The molecule has 0 aliphatic carbocycles. The van der Waals surface area contributed by atoms with Crippen LogP contribution in [0.3, 0.4) is 0 Å². The first kappa shape index (κ1) is 15.9. The average molecular weight is 284 g/mol. The summed E-state index contributed by atoms with van der Waals surface area (Å²) in [5.41, 5.74) is 0.452. The SMILES string of the molecule is CS(=O)(=O)Oc1ccc(F)cc1C1CCCO1.[NaH]. The molecule has 0 spiro atoms. The summed E-state index contributed by atoms with van der Waals surface area (Å²) in [6, 6.07) is 3.74. The van der Waals surface area contributed by atoms with E-state index >= 15 is 0 Å². The fourth-order valence-electron chi connectivity index (χ4n) is 1.83. The summed E-state index contributed by atoms with van der Waals surface area (Å²) in [4.78, 5) is 0. The zero-order valence-corrected chi connectivity index (χ0v) is 10.2. The summed E-state index contributed by atoms with van der Waals surface area (Å²) in [6.07, 6.45) is 2.28. The normalized spacial score (nSPS) is 19.3. The first-order chi connectivity index (χ1) is 7.96. The van der Waals surface area contributed by atoms with Crippen LogP contribution in [0.4, 0.5) is 4.39 Å². The molecule has 0 N–H and O–H groups in total. The summed E-state index contributed by atoms with van der Waals surface area (Å²) < 4.78 is 45.6. The van der Waals surface area contributed by atoms with E-state index in [9.17, 15) is 12.8 Å². The maximum atomic E-state index is 13.2. The van der Waals surface area contributed by atoms with E-state index in [4.69, 9.17) is 8.92 Å². The van der Waals surface area contributed by atoms with Crippen molar-refractivity contribution in [3.05, 3.63) is 29.6 Å². The second-order valence-corrected chi connectivity index (χ2v) is 5.55. The first-order valence-corrected chi connectivity index (χ1v) is 7.08.